The first-order valence-electron chi connectivity index (χ1n) is 7.06. The smallest absolute Gasteiger partial charge is 0.252 e. The summed E-state index contributed by atoms with van der Waals surface area (Å²) in [7, 11) is 0. The molecule has 2 aromatic rings. The number of ether oxygens (including phenoxy) is 1. The summed E-state index contributed by atoms with van der Waals surface area (Å²) >= 11 is 0. The van der Waals surface area contributed by atoms with Gasteiger partial charge in [0.25, 0.3) is 5.91 Å². The van der Waals surface area contributed by atoms with Crippen LogP contribution in [0.2, 0.25) is 0 Å². The van der Waals surface area contributed by atoms with Crippen LogP contribution in [-0.2, 0) is 4.74 Å². The minimum absolute atomic E-state index is 0.00194. The molecule has 106 valence electrons. The fraction of sp³-hybridized carbons (Fsp3) is 0.438. The van der Waals surface area contributed by atoms with E-state index in [9.17, 15) is 4.79 Å². The summed E-state index contributed by atoms with van der Waals surface area (Å²) in [5.41, 5.74) is 1.56. The molecule has 0 saturated carbocycles. The van der Waals surface area contributed by atoms with E-state index in [1.165, 1.54) is 0 Å². The van der Waals surface area contributed by atoms with Gasteiger partial charge in [0.05, 0.1) is 5.60 Å². The number of fused-ring (bicyclic) bond motifs is 1. The zero-order valence-electron chi connectivity index (χ0n) is 11.9. The van der Waals surface area contributed by atoms with Gasteiger partial charge in [-0.2, -0.15) is 0 Å². The average Bonchev–Trinajstić information content (AvgIpc) is 2.85. The van der Waals surface area contributed by atoms with E-state index in [4.69, 9.17) is 4.74 Å². The predicted octanol–water partition coefficient (Wildman–Crippen LogP) is 2.86. The first kappa shape index (κ1) is 13.2. The van der Waals surface area contributed by atoms with Gasteiger partial charge in [0.1, 0.15) is 0 Å². The van der Waals surface area contributed by atoms with Crippen LogP contribution in [-0.4, -0.2) is 29.1 Å². The molecule has 1 unspecified atom stereocenters. The standard InChI is InChI=1S/C16H20N2O2/c1-16(2)10-11(7-9-20-16)18-15(19)13-4-3-5-14-12(13)6-8-17-14/h3-6,8,11,17H,7,9-10H2,1-2H3,(H,18,19). The number of aromatic nitrogens is 1. The van der Waals surface area contributed by atoms with Gasteiger partial charge in [0.2, 0.25) is 0 Å². The highest BCUT2D eigenvalue weighted by Crippen LogP contribution is 2.24. The third-order valence-corrected chi connectivity index (χ3v) is 3.87. The molecular formula is C16H20N2O2. The van der Waals surface area contributed by atoms with Gasteiger partial charge in [0, 0.05) is 35.3 Å². The van der Waals surface area contributed by atoms with Gasteiger partial charge in [-0.1, -0.05) is 6.07 Å². The molecule has 2 N–H and O–H groups in total. The zero-order chi connectivity index (χ0) is 14.2. The van der Waals surface area contributed by atoms with Crippen molar-refractivity contribution >= 4 is 16.8 Å². The number of carbonyl (C=O) groups is 1. The molecule has 1 aromatic heterocycles. The second-order valence-corrected chi connectivity index (χ2v) is 6.02. The van der Waals surface area contributed by atoms with Crippen molar-refractivity contribution in [3.63, 3.8) is 0 Å². The highest BCUT2D eigenvalue weighted by molar-refractivity contribution is 6.06. The summed E-state index contributed by atoms with van der Waals surface area (Å²) in [5, 5.41) is 4.11. The third kappa shape index (κ3) is 2.56. The van der Waals surface area contributed by atoms with E-state index < -0.39 is 0 Å². The normalized spacial score (nSPS) is 21.8. The lowest BCUT2D eigenvalue weighted by atomic mass is 9.93. The van der Waals surface area contributed by atoms with Crippen molar-refractivity contribution in [2.45, 2.75) is 38.3 Å². The van der Waals surface area contributed by atoms with Crippen LogP contribution in [0.25, 0.3) is 10.9 Å². The molecule has 1 amide bonds. The number of hydrogen-bond acceptors (Lipinski definition) is 2. The number of nitrogens with one attached hydrogen (secondary N) is 2. The van der Waals surface area contributed by atoms with Gasteiger partial charge in [-0.25, -0.2) is 0 Å². The Hall–Kier alpha value is -1.81. The number of hydrogen-bond donors (Lipinski definition) is 2. The van der Waals surface area contributed by atoms with Crippen molar-refractivity contribution in [3.05, 3.63) is 36.0 Å². The summed E-state index contributed by atoms with van der Waals surface area (Å²) < 4.78 is 5.68. The third-order valence-electron chi connectivity index (χ3n) is 3.87. The molecule has 1 atom stereocenters. The molecule has 1 aromatic carbocycles. The van der Waals surface area contributed by atoms with Crippen molar-refractivity contribution in [2.24, 2.45) is 0 Å². The van der Waals surface area contributed by atoms with E-state index in [1.54, 1.807) is 0 Å². The molecule has 2 heterocycles. The van der Waals surface area contributed by atoms with E-state index >= 15 is 0 Å². The number of carbonyl (C=O) groups excluding carboxylic acids is 1. The van der Waals surface area contributed by atoms with Crippen molar-refractivity contribution in [3.8, 4) is 0 Å². The van der Waals surface area contributed by atoms with Gasteiger partial charge in [-0.15, -0.1) is 0 Å². The molecule has 0 spiro atoms. The Morgan fingerprint density at radius 3 is 3.05 bits per heavy atom. The summed E-state index contributed by atoms with van der Waals surface area (Å²) in [6.45, 7) is 4.84. The molecule has 3 rings (SSSR count). The number of amides is 1. The monoisotopic (exact) mass is 272 g/mol. The first-order chi connectivity index (χ1) is 9.55. The van der Waals surface area contributed by atoms with Crippen LogP contribution in [0, 0.1) is 0 Å². The first-order valence-corrected chi connectivity index (χ1v) is 7.06. The largest absolute Gasteiger partial charge is 0.375 e. The second-order valence-electron chi connectivity index (χ2n) is 6.02. The molecule has 0 bridgehead atoms. The molecule has 1 aliphatic rings. The zero-order valence-corrected chi connectivity index (χ0v) is 11.9. The molecule has 4 heteroatoms. The number of rotatable bonds is 2. The lowest BCUT2D eigenvalue weighted by molar-refractivity contribution is -0.0615. The summed E-state index contributed by atoms with van der Waals surface area (Å²) in [6, 6.07) is 7.87. The van der Waals surface area contributed by atoms with E-state index in [-0.39, 0.29) is 17.6 Å². The van der Waals surface area contributed by atoms with Crippen molar-refractivity contribution in [1.29, 1.82) is 0 Å². The van der Waals surface area contributed by atoms with Crippen LogP contribution in [0.3, 0.4) is 0 Å². The SMILES string of the molecule is CC1(C)CC(NC(=O)c2cccc3[nH]ccc23)CCO1. The maximum Gasteiger partial charge on any atom is 0.252 e. The topological polar surface area (TPSA) is 54.1 Å². The van der Waals surface area contributed by atoms with Crippen LogP contribution in [0.15, 0.2) is 30.5 Å². The van der Waals surface area contributed by atoms with Crippen molar-refractivity contribution in [2.75, 3.05) is 6.61 Å². The van der Waals surface area contributed by atoms with Crippen LogP contribution in [0.5, 0.6) is 0 Å². The molecule has 0 radical (unpaired) electrons. The second kappa shape index (κ2) is 4.94. The number of H-pyrrole nitrogens is 1. The van der Waals surface area contributed by atoms with Crippen LogP contribution in [0.4, 0.5) is 0 Å². The highest BCUT2D eigenvalue weighted by atomic mass is 16.5. The maximum absolute atomic E-state index is 12.5. The number of aromatic amines is 1. The molecule has 4 nitrogen and oxygen atoms in total. The Morgan fingerprint density at radius 2 is 2.25 bits per heavy atom. The summed E-state index contributed by atoms with van der Waals surface area (Å²) in [4.78, 5) is 15.6. The van der Waals surface area contributed by atoms with Crippen molar-refractivity contribution in [1.82, 2.24) is 10.3 Å². The Labute approximate surface area is 118 Å². The lowest BCUT2D eigenvalue weighted by Crippen LogP contribution is -2.45. The van der Waals surface area contributed by atoms with E-state index in [1.807, 2.05) is 30.5 Å². The minimum Gasteiger partial charge on any atom is -0.375 e. The number of benzene rings is 1. The van der Waals surface area contributed by atoms with E-state index in [2.05, 4.69) is 24.1 Å². The lowest BCUT2D eigenvalue weighted by Gasteiger charge is -2.35. The van der Waals surface area contributed by atoms with Gasteiger partial charge in [0.15, 0.2) is 0 Å². The summed E-state index contributed by atoms with van der Waals surface area (Å²) in [6.07, 6.45) is 3.58. The molecule has 1 saturated heterocycles. The molecule has 1 aliphatic heterocycles. The molecule has 0 aliphatic carbocycles. The Balaban J connectivity index is 1.78. The molecular weight excluding hydrogens is 252 g/mol. The molecule has 1 fully saturated rings. The minimum atomic E-state index is -0.156. The van der Waals surface area contributed by atoms with E-state index in [0.717, 1.165) is 29.3 Å². The Kier molecular flexibility index (Phi) is 3.26. The van der Waals surface area contributed by atoms with Crippen molar-refractivity contribution < 1.29 is 9.53 Å². The average molecular weight is 272 g/mol. The quantitative estimate of drug-likeness (QED) is 0.883. The predicted molar refractivity (Wildman–Crippen MR) is 78.8 cm³/mol. The Bertz CT molecular complexity index is 630. The van der Waals surface area contributed by atoms with Crippen LogP contribution in [0.1, 0.15) is 37.0 Å². The van der Waals surface area contributed by atoms with Gasteiger partial charge < -0.3 is 15.0 Å². The fourth-order valence-electron chi connectivity index (χ4n) is 2.90. The van der Waals surface area contributed by atoms with E-state index in [0.29, 0.717) is 6.61 Å². The highest BCUT2D eigenvalue weighted by Gasteiger charge is 2.30. The molecule has 20 heavy (non-hydrogen) atoms. The Morgan fingerprint density at radius 1 is 1.40 bits per heavy atom. The summed E-state index contributed by atoms with van der Waals surface area (Å²) in [5.74, 6) is -0.00194. The maximum atomic E-state index is 12.5. The fourth-order valence-corrected chi connectivity index (χ4v) is 2.90. The van der Waals surface area contributed by atoms with Crippen LogP contribution < -0.4 is 5.32 Å². The van der Waals surface area contributed by atoms with Crippen LogP contribution >= 0.6 is 0 Å². The van der Waals surface area contributed by atoms with Gasteiger partial charge in [-0.3, -0.25) is 4.79 Å². The van der Waals surface area contributed by atoms with Gasteiger partial charge in [-0.05, 0) is 44.9 Å². The van der Waals surface area contributed by atoms with Gasteiger partial charge >= 0.3 is 0 Å².